The number of ether oxygens (including phenoxy) is 1. The van der Waals surface area contributed by atoms with E-state index in [2.05, 4.69) is 15.0 Å². The van der Waals surface area contributed by atoms with Gasteiger partial charge < -0.3 is 15.2 Å². The van der Waals surface area contributed by atoms with Crippen LogP contribution in [0.15, 0.2) is 35.2 Å². The molecule has 23 heavy (non-hydrogen) atoms. The molecule has 1 atom stereocenters. The van der Waals surface area contributed by atoms with Gasteiger partial charge >= 0.3 is 6.18 Å². The lowest BCUT2D eigenvalue weighted by atomic mass is 10.2. The lowest BCUT2D eigenvalue weighted by molar-refractivity contribution is -0.154. The van der Waals surface area contributed by atoms with E-state index in [1.165, 1.54) is 29.7 Å². The van der Waals surface area contributed by atoms with Crippen LogP contribution in [0.1, 0.15) is 22.0 Å². The molecule has 2 aromatic rings. The predicted octanol–water partition coefficient (Wildman–Crippen LogP) is 2.55. The Labute approximate surface area is 133 Å². The van der Waals surface area contributed by atoms with E-state index in [4.69, 9.17) is 0 Å². The summed E-state index contributed by atoms with van der Waals surface area (Å²) in [6.07, 6.45) is -4.20. The Kier molecular flexibility index (Phi) is 5.56. The number of carbonyl (C=O) groups is 1. The van der Waals surface area contributed by atoms with Gasteiger partial charge in [-0.2, -0.15) is 24.5 Å². The second-order valence-corrected chi connectivity index (χ2v) is 5.32. The molecule has 1 amide bonds. The van der Waals surface area contributed by atoms with Crippen LogP contribution in [0.4, 0.5) is 13.2 Å². The summed E-state index contributed by atoms with van der Waals surface area (Å²) in [5.74, 6) is -1.09. The van der Waals surface area contributed by atoms with Crippen LogP contribution in [0.5, 0.6) is 5.88 Å². The molecular weight excluding hydrogens is 333 g/mol. The zero-order valence-electron chi connectivity index (χ0n) is 11.7. The van der Waals surface area contributed by atoms with Crippen LogP contribution >= 0.6 is 11.3 Å². The summed E-state index contributed by atoms with van der Waals surface area (Å²) in [5.41, 5.74) is 0.518. The highest BCUT2D eigenvalue weighted by Crippen LogP contribution is 2.20. The van der Waals surface area contributed by atoms with Crippen molar-refractivity contribution in [3.05, 3.63) is 46.3 Å². The number of halogens is 3. The molecular formula is C14H13F3N2O3S. The highest BCUT2D eigenvalue weighted by molar-refractivity contribution is 7.07. The number of nitrogens with one attached hydrogen (secondary N) is 1. The number of thiophene rings is 1. The Balaban J connectivity index is 1.99. The molecule has 1 unspecified atom stereocenters. The topological polar surface area (TPSA) is 71.5 Å². The van der Waals surface area contributed by atoms with Crippen molar-refractivity contribution in [2.24, 2.45) is 0 Å². The predicted molar refractivity (Wildman–Crippen MR) is 77.4 cm³/mol. The molecule has 0 radical (unpaired) electrons. The number of carbonyl (C=O) groups excluding carboxylic acids is 1. The van der Waals surface area contributed by atoms with Gasteiger partial charge in [-0.05, 0) is 34.5 Å². The van der Waals surface area contributed by atoms with Crippen molar-refractivity contribution in [1.82, 2.24) is 10.3 Å². The summed E-state index contributed by atoms with van der Waals surface area (Å²) in [5, 5.41) is 15.8. The molecule has 2 aromatic heterocycles. The molecule has 0 spiro atoms. The zero-order chi connectivity index (χ0) is 16.9. The number of hydrogen-bond acceptors (Lipinski definition) is 5. The summed E-state index contributed by atoms with van der Waals surface area (Å²) >= 11 is 1.40. The quantitative estimate of drug-likeness (QED) is 0.843. The van der Waals surface area contributed by atoms with Gasteiger partial charge in [-0.25, -0.2) is 4.98 Å². The van der Waals surface area contributed by atoms with E-state index in [-0.39, 0.29) is 12.1 Å². The molecule has 2 N–H and O–H groups in total. The number of amides is 1. The highest BCUT2D eigenvalue weighted by Gasteiger charge is 2.29. The number of aromatic nitrogens is 1. The fourth-order valence-electron chi connectivity index (χ4n) is 1.70. The Morgan fingerprint density at radius 2 is 2.22 bits per heavy atom. The Morgan fingerprint density at radius 1 is 1.43 bits per heavy atom. The highest BCUT2D eigenvalue weighted by atomic mass is 32.1. The smallest absolute Gasteiger partial charge is 0.422 e. The molecule has 0 fully saturated rings. The molecule has 0 aromatic carbocycles. The maximum atomic E-state index is 12.2. The van der Waals surface area contributed by atoms with Crippen LogP contribution in [0.2, 0.25) is 0 Å². The number of nitrogens with zero attached hydrogens (tertiary/aromatic N) is 1. The Hall–Kier alpha value is -2.13. The van der Waals surface area contributed by atoms with Crippen LogP contribution in [0, 0.1) is 0 Å². The second-order valence-electron chi connectivity index (χ2n) is 4.54. The lowest BCUT2D eigenvalue weighted by Crippen LogP contribution is -2.29. The van der Waals surface area contributed by atoms with Crippen molar-refractivity contribution in [1.29, 1.82) is 0 Å². The summed E-state index contributed by atoms with van der Waals surface area (Å²) in [7, 11) is 0. The number of alkyl halides is 3. The van der Waals surface area contributed by atoms with E-state index in [1.54, 1.807) is 16.8 Å². The van der Waals surface area contributed by atoms with Gasteiger partial charge in [0.15, 0.2) is 6.61 Å². The monoisotopic (exact) mass is 346 g/mol. The Bertz CT molecular complexity index is 647. The minimum atomic E-state index is -4.53. The van der Waals surface area contributed by atoms with Crippen LogP contribution in [0.25, 0.3) is 0 Å². The third-order valence-electron chi connectivity index (χ3n) is 2.77. The maximum Gasteiger partial charge on any atom is 0.422 e. The molecule has 0 saturated heterocycles. The summed E-state index contributed by atoms with van der Waals surface area (Å²) < 4.78 is 41.1. The number of aliphatic hydroxyl groups is 1. The van der Waals surface area contributed by atoms with Gasteiger partial charge in [0.1, 0.15) is 5.56 Å². The molecule has 0 saturated carbocycles. The molecule has 5 nitrogen and oxygen atoms in total. The van der Waals surface area contributed by atoms with Gasteiger partial charge in [0, 0.05) is 12.7 Å². The first kappa shape index (κ1) is 17.2. The molecule has 0 aliphatic carbocycles. The van der Waals surface area contributed by atoms with Crippen LogP contribution < -0.4 is 10.1 Å². The average molecular weight is 346 g/mol. The van der Waals surface area contributed by atoms with E-state index >= 15 is 0 Å². The third kappa shape index (κ3) is 5.22. The van der Waals surface area contributed by atoms with Gasteiger partial charge in [0.05, 0.1) is 6.10 Å². The SMILES string of the molecule is O=C(NCC(O)c1ccsc1)c1cccnc1OCC(F)(F)F. The summed E-state index contributed by atoms with van der Waals surface area (Å²) in [6, 6.07) is 4.42. The molecule has 0 bridgehead atoms. The summed E-state index contributed by atoms with van der Waals surface area (Å²) in [6.45, 7) is -1.62. The van der Waals surface area contributed by atoms with Crippen molar-refractivity contribution in [3.63, 3.8) is 0 Å². The normalized spacial score (nSPS) is 12.7. The molecule has 124 valence electrons. The first-order chi connectivity index (χ1) is 10.9. The van der Waals surface area contributed by atoms with Gasteiger partial charge in [-0.15, -0.1) is 0 Å². The van der Waals surface area contributed by atoms with Crippen molar-refractivity contribution < 1.29 is 27.8 Å². The standard InChI is InChI=1S/C14H13F3N2O3S/c15-14(16,17)8-22-13-10(2-1-4-18-13)12(21)19-6-11(20)9-3-5-23-7-9/h1-5,7,11,20H,6,8H2,(H,19,21). The number of pyridine rings is 1. The van der Waals surface area contributed by atoms with Crippen LogP contribution in [0.3, 0.4) is 0 Å². The van der Waals surface area contributed by atoms with Crippen molar-refractivity contribution in [2.45, 2.75) is 12.3 Å². The minimum Gasteiger partial charge on any atom is -0.467 e. The number of rotatable bonds is 6. The van der Waals surface area contributed by atoms with Gasteiger partial charge in [0.2, 0.25) is 5.88 Å². The van der Waals surface area contributed by atoms with E-state index in [9.17, 15) is 23.1 Å². The first-order valence-corrected chi connectivity index (χ1v) is 7.44. The first-order valence-electron chi connectivity index (χ1n) is 6.50. The lowest BCUT2D eigenvalue weighted by Gasteiger charge is -2.13. The molecule has 2 heterocycles. The average Bonchev–Trinajstić information content (AvgIpc) is 3.04. The van der Waals surface area contributed by atoms with Crippen molar-refractivity contribution in [3.8, 4) is 5.88 Å². The molecule has 0 aliphatic heterocycles. The minimum absolute atomic E-state index is 0.0802. The fourth-order valence-corrected chi connectivity index (χ4v) is 2.40. The van der Waals surface area contributed by atoms with E-state index < -0.39 is 30.7 Å². The van der Waals surface area contributed by atoms with Crippen LogP contribution in [-0.2, 0) is 0 Å². The van der Waals surface area contributed by atoms with Gasteiger partial charge in [-0.1, -0.05) is 0 Å². The molecule has 0 aliphatic rings. The maximum absolute atomic E-state index is 12.2. The van der Waals surface area contributed by atoms with Crippen LogP contribution in [-0.4, -0.2) is 35.3 Å². The zero-order valence-corrected chi connectivity index (χ0v) is 12.5. The van der Waals surface area contributed by atoms with E-state index in [0.717, 1.165) is 0 Å². The van der Waals surface area contributed by atoms with Crippen molar-refractivity contribution in [2.75, 3.05) is 13.2 Å². The number of hydrogen-bond donors (Lipinski definition) is 2. The van der Waals surface area contributed by atoms with E-state index in [1.807, 2.05) is 0 Å². The Morgan fingerprint density at radius 3 is 2.87 bits per heavy atom. The molecule has 2 rings (SSSR count). The fraction of sp³-hybridized carbons (Fsp3) is 0.286. The number of aliphatic hydroxyl groups excluding tert-OH is 1. The largest absolute Gasteiger partial charge is 0.467 e. The second kappa shape index (κ2) is 7.42. The van der Waals surface area contributed by atoms with Gasteiger partial charge in [-0.3, -0.25) is 4.79 Å². The van der Waals surface area contributed by atoms with E-state index in [0.29, 0.717) is 5.56 Å². The van der Waals surface area contributed by atoms with Gasteiger partial charge in [0.25, 0.3) is 5.91 Å². The molecule has 9 heteroatoms. The third-order valence-corrected chi connectivity index (χ3v) is 3.47. The van der Waals surface area contributed by atoms with Crippen molar-refractivity contribution >= 4 is 17.2 Å². The summed E-state index contributed by atoms with van der Waals surface area (Å²) in [4.78, 5) is 15.7.